The lowest BCUT2D eigenvalue weighted by atomic mass is 9.92. The highest BCUT2D eigenvalue weighted by atomic mass is 19.1. The molecule has 5 nitrogen and oxygen atoms in total. The molecule has 0 radical (unpaired) electrons. The number of benzene rings is 2. The number of amides is 2. The fourth-order valence-corrected chi connectivity index (χ4v) is 4.16. The Kier molecular flexibility index (Phi) is 5.17. The highest BCUT2D eigenvalue weighted by Gasteiger charge is 2.47. The Hall–Kier alpha value is -3.03. The van der Waals surface area contributed by atoms with Gasteiger partial charge in [-0.05, 0) is 37.0 Å². The van der Waals surface area contributed by atoms with Gasteiger partial charge >= 0.3 is 6.03 Å². The Morgan fingerprint density at radius 2 is 1.83 bits per heavy atom. The third-order valence-electron chi connectivity index (χ3n) is 5.88. The first-order valence-electron chi connectivity index (χ1n) is 9.73. The highest BCUT2D eigenvalue weighted by molar-refractivity contribution is 5.91. The molecule has 30 heavy (non-hydrogen) atoms. The molecule has 0 saturated heterocycles. The number of nitrogens with one attached hydrogen (secondary N) is 2. The number of rotatable bonds is 5. The van der Waals surface area contributed by atoms with Crippen molar-refractivity contribution in [2.24, 2.45) is 0 Å². The van der Waals surface area contributed by atoms with E-state index in [-0.39, 0.29) is 29.9 Å². The molecule has 0 aliphatic heterocycles. The van der Waals surface area contributed by atoms with Gasteiger partial charge in [0, 0.05) is 30.0 Å². The van der Waals surface area contributed by atoms with E-state index in [1.54, 1.807) is 12.1 Å². The fraction of sp³-hybridized carbons (Fsp3) is 0.364. The molecular formula is C22H21F3N2O3. The van der Waals surface area contributed by atoms with Crippen LogP contribution >= 0.6 is 0 Å². The summed E-state index contributed by atoms with van der Waals surface area (Å²) in [5.41, 5.74) is -0.294. The summed E-state index contributed by atoms with van der Waals surface area (Å²) in [6.45, 7) is 0. The molecule has 8 heteroatoms. The molecule has 0 heterocycles. The summed E-state index contributed by atoms with van der Waals surface area (Å²) in [6.07, 6.45) is 1.59. The maximum Gasteiger partial charge on any atom is 0.316 e. The van der Waals surface area contributed by atoms with Crippen LogP contribution in [0.15, 0.2) is 36.4 Å². The highest BCUT2D eigenvalue weighted by Crippen LogP contribution is 2.45. The number of Topliss-reactive ketones (excluding diaryl/α,β-unsaturated/α-hetero) is 1. The Balaban J connectivity index is 1.52. The molecule has 2 aliphatic rings. The largest absolute Gasteiger partial charge is 0.497 e. The maximum absolute atomic E-state index is 14.5. The molecule has 0 unspecified atom stereocenters. The van der Waals surface area contributed by atoms with Crippen LogP contribution in [0.5, 0.6) is 5.75 Å². The molecule has 2 atom stereocenters. The predicted molar refractivity (Wildman–Crippen MR) is 103 cm³/mol. The van der Waals surface area contributed by atoms with Crippen molar-refractivity contribution in [2.75, 3.05) is 7.11 Å². The molecule has 2 aromatic rings. The molecular weight excluding hydrogens is 397 g/mol. The lowest BCUT2D eigenvalue weighted by molar-refractivity contribution is -0.119. The van der Waals surface area contributed by atoms with Crippen LogP contribution in [0.4, 0.5) is 18.0 Å². The Morgan fingerprint density at radius 3 is 2.43 bits per heavy atom. The topological polar surface area (TPSA) is 67.4 Å². The number of ketones is 1. The number of carbonyl (C=O) groups is 2. The van der Waals surface area contributed by atoms with Crippen molar-refractivity contribution in [1.82, 2.24) is 10.6 Å². The Labute approximate surface area is 171 Å². The van der Waals surface area contributed by atoms with Crippen molar-refractivity contribution in [2.45, 2.75) is 43.2 Å². The summed E-state index contributed by atoms with van der Waals surface area (Å²) in [6, 6.07) is 6.40. The van der Waals surface area contributed by atoms with Gasteiger partial charge in [-0.1, -0.05) is 12.1 Å². The Morgan fingerprint density at radius 1 is 1.13 bits per heavy atom. The van der Waals surface area contributed by atoms with Crippen LogP contribution in [0.2, 0.25) is 0 Å². The first kappa shape index (κ1) is 20.3. The van der Waals surface area contributed by atoms with E-state index in [0.29, 0.717) is 18.4 Å². The summed E-state index contributed by atoms with van der Waals surface area (Å²) in [7, 11) is 1.30. The van der Waals surface area contributed by atoms with Crippen LogP contribution in [-0.2, 0) is 10.3 Å². The first-order chi connectivity index (χ1) is 14.3. The van der Waals surface area contributed by atoms with Crippen molar-refractivity contribution >= 4 is 11.8 Å². The normalized spacial score (nSPS) is 21.9. The van der Waals surface area contributed by atoms with E-state index in [1.807, 2.05) is 0 Å². The zero-order valence-electron chi connectivity index (χ0n) is 16.3. The number of urea groups is 1. The van der Waals surface area contributed by atoms with Crippen molar-refractivity contribution in [3.8, 4) is 5.75 Å². The number of methoxy groups -OCH3 is 1. The maximum atomic E-state index is 14.5. The van der Waals surface area contributed by atoms with Gasteiger partial charge in [-0.3, -0.25) is 4.79 Å². The van der Waals surface area contributed by atoms with Gasteiger partial charge in [-0.2, -0.15) is 0 Å². The van der Waals surface area contributed by atoms with E-state index < -0.39 is 41.0 Å². The molecule has 2 fully saturated rings. The third kappa shape index (κ3) is 3.74. The number of carbonyl (C=O) groups excluding carboxylic acids is 2. The predicted octanol–water partition coefficient (Wildman–Crippen LogP) is 3.92. The van der Waals surface area contributed by atoms with Gasteiger partial charge in [0.1, 0.15) is 23.2 Å². The molecule has 4 rings (SSSR count). The average Bonchev–Trinajstić information content (AvgIpc) is 3.40. The smallest absolute Gasteiger partial charge is 0.316 e. The van der Waals surface area contributed by atoms with E-state index in [4.69, 9.17) is 4.74 Å². The van der Waals surface area contributed by atoms with Crippen molar-refractivity contribution in [3.63, 3.8) is 0 Å². The van der Waals surface area contributed by atoms with E-state index in [0.717, 1.165) is 12.1 Å². The SMILES string of the molecule is COc1cc(F)c([C@@H]2CCC(=O)[C@H]2NC(=O)NC2(c3cccc(F)c3)CC2)c(F)c1. The van der Waals surface area contributed by atoms with E-state index in [1.165, 1.54) is 19.2 Å². The number of hydrogen-bond donors (Lipinski definition) is 2. The summed E-state index contributed by atoms with van der Waals surface area (Å²) in [5, 5.41) is 5.38. The van der Waals surface area contributed by atoms with Crippen LogP contribution in [0, 0.1) is 17.5 Å². The van der Waals surface area contributed by atoms with Crippen molar-refractivity contribution in [1.29, 1.82) is 0 Å². The van der Waals surface area contributed by atoms with Crippen LogP contribution in [0.3, 0.4) is 0 Å². The van der Waals surface area contributed by atoms with E-state index >= 15 is 0 Å². The molecule has 0 bridgehead atoms. The van der Waals surface area contributed by atoms with Gasteiger partial charge in [-0.25, -0.2) is 18.0 Å². The number of halogens is 3. The molecule has 2 N–H and O–H groups in total. The summed E-state index contributed by atoms with van der Waals surface area (Å²) < 4.78 is 47.5. The van der Waals surface area contributed by atoms with Crippen molar-refractivity contribution in [3.05, 3.63) is 65.0 Å². The van der Waals surface area contributed by atoms with Gasteiger partial charge in [0.05, 0.1) is 18.7 Å². The van der Waals surface area contributed by atoms with E-state index in [9.17, 15) is 22.8 Å². The van der Waals surface area contributed by atoms with Crippen LogP contribution in [0.1, 0.15) is 42.7 Å². The van der Waals surface area contributed by atoms with Gasteiger partial charge < -0.3 is 15.4 Å². The van der Waals surface area contributed by atoms with Gasteiger partial charge in [0.25, 0.3) is 0 Å². The fourth-order valence-electron chi connectivity index (χ4n) is 4.16. The quantitative estimate of drug-likeness (QED) is 0.774. The third-order valence-corrected chi connectivity index (χ3v) is 5.88. The van der Waals surface area contributed by atoms with E-state index in [2.05, 4.69) is 10.6 Å². The zero-order valence-corrected chi connectivity index (χ0v) is 16.3. The molecule has 2 aromatic carbocycles. The summed E-state index contributed by atoms with van der Waals surface area (Å²) in [5.74, 6) is -3.13. The standard InChI is InChI=1S/C22H21F3N2O3/c1-30-14-10-16(24)19(17(25)11-14)15-5-6-18(28)20(15)26-21(29)27-22(7-8-22)12-3-2-4-13(23)9-12/h2-4,9-11,15,20H,5-8H2,1H3,(H2,26,27,29)/t15-,20-/m0/s1. The lowest BCUT2D eigenvalue weighted by Crippen LogP contribution is -2.49. The minimum atomic E-state index is -1.05. The van der Waals surface area contributed by atoms with Crippen molar-refractivity contribution < 1.29 is 27.5 Å². The second-order valence-corrected chi connectivity index (χ2v) is 7.78. The second-order valence-electron chi connectivity index (χ2n) is 7.78. The lowest BCUT2D eigenvalue weighted by Gasteiger charge is -2.24. The monoisotopic (exact) mass is 418 g/mol. The molecule has 0 aromatic heterocycles. The van der Waals surface area contributed by atoms with Crippen LogP contribution in [0.25, 0.3) is 0 Å². The van der Waals surface area contributed by atoms with Crippen LogP contribution < -0.4 is 15.4 Å². The molecule has 2 amide bonds. The van der Waals surface area contributed by atoms with Gasteiger partial charge in [0.15, 0.2) is 5.78 Å². The van der Waals surface area contributed by atoms with Crippen LogP contribution in [-0.4, -0.2) is 25.0 Å². The molecule has 158 valence electrons. The molecule has 2 saturated carbocycles. The Bertz CT molecular complexity index is 984. The van der Waals surface area contributed by atoms with Gasteiger partial charge in [0.2, 0.25) is 0 Å². The minimum Gasteiger partial charge on any atom is -0.497 e. The summed E-state index contributed by atoms with van der Waals surface area (Å²) >= 11 is 0. The first-order valence-corrected chi connectivity index (χ1v) is 9.73. The zero-order chi connectivity index (χ0) is 21.5. The number of ether oxygens (including phenoxy) is 1. The molecule has 2 aliphatic carbocycles. The second kappa shape index (κ2) is 7.66. The minimum absolute atomic E-state index is 0.0334. The number of hydrogen-bond acceptors (Lipinski definition) is 3. The average molecular weight is 418 g/mol. The summed E-state index contributed by atoms with van der Waals surface area (Å²) in [4.78, 5) is 25.0. The molecule has 0 spiro atoms. The van der Waals surface area contributed by atoms with Gasteiger partial charge in [-0.15, -0.1) is 0 Å².